The van der Waals surface area contributed by atoms with Crippen LogP contribution in [0.15, 0.2) is 82.5 Å². The summed E-state index contributed by atoms with van der Waals surface area (Å²) in [6.07, 6.45) is 16.0. The van der Waals surface area contributed by atoms with E-state index in [1.54, 1.807) is 32.9 Å². The van der Waals surface area contributed by atoms with Crippen molar-refractivity contribution in [3.63, 3.8) is 0 Å². The van der Waals surface area contributed by atoms with Crippen LogP contribution in [-0.4, -0.2) is 79.2 Å². The van der Waals surface area contributed by atoms with Gasteiger partial charge in [0.15, 0.2) is 0 Å². The van der Waals surface area contributed by atoms with Gasteiger partial charge in [0.1, 0.15) is 6.10 Å². The van der Waals surface area contributed by atoms with Crippen molar-refractivity contribution in [2.75, 3.05) is 0 Å². The maximum Gasteiger partial charge on any atom is 0.331 e. The molecule has 0 aromatic carbocycles. The number of hydrogen-bond acceptors (Lipinski definition) is 8. The summed E-state index contributed by atoms with van der Waals surface area (Å²) in [5, 5.41) is 59.8. The Labute approximate surface area is 312 Å². The van der Waals surface area contributed by atoms with Gasteiger partial charge in [0.2, 0.25) is 0 Å². The Kier molecular flexibility index (Phi) is 21.9. The van der Waals surface area contributed by atoms with Crippen LogP contribution in [0.1, 0.15) is 114 Å². The number of carboxylic acid groups (broad SMARTS) is 1. The fourth-order valence-electron chi connectivity index (χ4n) is 6.67. The van der Waals surface area contributed by atoms with Crippen LogP contribution < -0.4 is 0 Å². The number of cyclic esters (lactones) is 1. The van der Waals surface area contributed by atoms with Crippen molar-refractivity contribution in [2.45, 2.75) is 150 Å². The predicted octanol–water partition coefficient (Wildman–Crippen LogP) is 7.31. The number of carboxylic acids is 1. The molecule has 10 atom stereocenters. The van der Waals surface area contributed by atoms with Crippen molar-refractivity contribution in [3.8, 4) is 0 Å². The average molecular weight is 729 g/mol. The minimum atomic E-state index is -1.09. The second kappa shape index (κ2) is 24.3. The van der Waals surface area contributed by atoms with Gasteiger partial charge < -0.3 is 35.4 Å². The smallest absolute Gasteiger partial charge is 0.331 e. The Balaban J connectivity index is 3.07. The first-order chi connectivity index (χ1) is 24.3. The molecule has 0 fully saturated rings. The first kappa shape index (κ1) is 46.9. The molecule has 9 nitrogen and oxygen atoms in total. The molecule has 0 saturated carbocycles. The second-order valence-electron chi connectivity index (χ2n) is 15.3. The Hall–Kier alpha value is -3.08. The van der Waals surface area contributed by atoms with Crippen LogP contribution in [0.5, 0.6) is 0 Å². The summed E-state index contributed by atoms with van der Waals surface area (Å²) in [4.78, 5) is 25.6. The van der Waals surface area contributed by atoms with E-state index in [1.807, 2.05) is 58.1 Å². The number of aliphatic hydroxyl groups excluding tert-OH is 5. The Morgan fingerprint density at radius 1 is 0.865 bits per heavy atom. The topological polar surface area (TPSA) is 165 Å². The molecule has 0 aliphatic carbocycles. The first-order valence-corrected chi connectivity index (χ1v) is 18.9. The number of esters is 1. The lowest BCUT2D eigenvalue weighted by Gasteiger charge is -2.27. The van der Waals surface area contributed by atoms with Gasteiger partial charge in [0, 0.05) is 30.8 Å². The van der Waals surface area contributed by atoms with Gasteiger partial charge in [-0.25, -0.2) is 4.79 Å². The van der Waals surface area contributed by atoms with Crippen molar-refractivity contribution in [3.05, 3.63) is 82.5 Å². The SMILES string of the molecule is CC(=CC=CC(C)=C[C@H](O)[C@@H](O)C[C@H](C)O)C=C(C)C=C(C(=O)O)[C@H]1CCCC(=O)O[C@@H]([C@@H](C)CC(C)=C[C@@H](C)[C@H](O)C[C@@H](C)O)CC=CC[C@@H]1C. The van der Waals surface area contributed by atoms with E-state index in [-0.39, 0.29) is 48.6 Å². The molecule has 0 radical (unpaired) electrons. The van der Waals surface area contributed by atoms with Crippen molar-refractivity contribution in [2.24, 2.45) is 23.7 Å². The minimum Gasteiger partial charge on any atom is -0.478 e. The molecule has 0 aromatic heterocycles. The van der Waals surface area contributed by atoms with Gasteiger partial charge in [-0.3, -0.25) is 4.79 Å². The molecule has 0 unspecified atom stereocenters. The predicted molar refractivity (Wildman–Crippen MR) is 208 cm³/mol. The summed E-state index contributed by atoms with van der Waals surface area (Å²) in [7, 11) is 0. The number of aliphatic carboxylic acids is 1. The monoisotopic (exact) mass is 728 g/mol. The van der Waals surface area contributed by atoms with Crippen molar-refractivity contribution in [1.82, 2.24) is 0 Å². The lowest BCUT2D eigenvalue weighted by atomic mass is 9.80. The van der Waals surface area contributed by atoms with Gasteiger partial charge in [-0.2, -0.15) is 0 Å². The number of hydrogen-bond donors (Lipinski definition) is 6. The molecule has 1 heterocycles. The van der Waals surface area contributed by atoms with Crippen LogP contribution in [-0.2, 0) is 14.3 Å². The molecule has 0 bridgehead atoms. The highest BCUT2D eigenvalue weighted by atomic mass is 16.5. The van der Waals surface area contributed by atoms with E-state index in [4.69, 9.17) is 4.74 Å². The quantitative estimate of drug-likeness (QED) is 0.0390. The highest BCUT2D eigenvalue weighted by Crippen LogP contribution is 2.32. The van der Waals surface area contributed by atoms with Gasteiger partial charge in [-0.1, -0.05) is 91.7 Å². The van der Waals surface area contributed by atoms with Gasteiger partial charge in [-0.05, 0) is 97.5 Å². The molecule has 0 spiro atoms. The number of carbonyl (C=O) groups is 2. The van der Waals surface area contributed by atoms with Crippen molar-refractivity contribution < 1.29 is 45.0 Å². The third-order valence-electron chi connectivity index (χ3n) is 9.54. The summed E-state index contributed by atoms with van der Waals surface area (Å²) in [6.45, 7) is 16.9. The largest absolute Gasteiger partial charge is 0.478 e. The molecule has 0 amide bonds. The maximum absolute atomic E-state index is 13.0. The molecule has 6 N–H and O–H groups in total. The van der Waals surface area contributed by atoms with Crippen LogP contribution in [0.2, 0.25) is 0 Å². The normalized spacial score (nSPS) is 25.0. The summed E-state index contributed by atoms with van der Waals surface area (Å²) < 4.78 is 5.97. The molecular formula is C43H68O9. The second-order valence-corrected chi connectivity index (χ2v) is 15.3. The van der Waals surface area contributed by atoms with E-state index in [0.29, 0.717) is 44.1 Å². The van der Waals surface area contributed by atoms with Crippen LogP contribution in [0.25, 0.3) is 0 Å². The number of carbonyl (C=O) groups excluding carboxylic acids is 1. The van der Waals surface area contributed by atoms with E-state index in [1.165, 1.54) is 6.08 Å². The zero-order chi connectivity index (χ0) is 39.5. The summed E-state index contributed by atoms with van der Waals surface area (Å²) in [5.41, 5.74) is 3.83. The van der Waals surface area contributed by atoms with Crippen LogP contribution in [0.4, 0.5) is 0 Å². The van der Waals surface area contributed by atoms with Crippen LogP contribution >= 0.6 is 0 Å². The fraction of sp³-hybridized carbons (Fsp3) is 0.628. The fourth-order valence-corrected chi connectivity index (χ4v) is 6.67. The molecule has 52 heavy (non-hydrogen) atoms. The van der Waals surface area contributed by atoms with Crippen LogP contribution in [0, 0.1) is 23.7 Å². The zero-order valence-corrected chi connectivity index (χ0v) is 33.0. The van der Waals surface area contributed by atoms with Crippen molar-refractivity contribution in [1.29, 1.82) is 0 Å². The lowest BCUT2D eigenvalue weighted by molar-refractivity contribution is -0.151. The minimum absolute atomic E-state index is 0.0289. The molecular weight excluding hydrogens is 660 g/mol. The molecule has 1 aliphatic heterocycles. The highest BCUT2D eigenvalue weighted by molar-refractivity contribution is 5.88. The van der Waals surface area contributed by atoms with Crippen molar-refractivity contribution >= 4 is 11.9 Å². The van der Waals surface area contributed by atoms with E-state index in [2.05, 4.69) is 19.9 Å². The molecule has 1 aliphatic rings. The van der Waals surface area contributed by atoms with E-state index in [9.17, 15) is 40.2 Å². The Bertz CT molecular complexity index is 1330. The van der Waals surface area contributed by atoms with Gasteiger partial charge in [0.25, 0.3) is 0 Å². The first-order valence-electron chi connectivity index (χ1n) is 18.9. The summed E-state index contributed by atoms with van der Waals surface area (Å²) >= 11 is 0. The van der Waals surface area contributed by atoms with E-state index in [0.717, 1.165) is 22.3 Å². The Morgan fingerprint density at radius 3 is 2.10 bits per heavy atom. The number of aliphatic hydroxyl groups is 5. The van der Waals surface area contributed by atoms with E-state index < -0.39 is 36.5 Å². The molecule has 0 saturated heterocycles. The summed E-state index contributed by atoms with van der Waals surface area (Å²) in [5.74, 6) is -1.56. The molecule has 294 valence electrons. The summed E-state index contributed by atoms with van der Waals surface area (Å²) in [6, 6.07) is 0. The third kappa shape index (κ3) is 19.1. The van der Waals surface area contributed by atoms with Crippen LogP contribution in [0.3, 0.4) is 0 Å². The number of ether oxygens (including phenoxy) is 1. The van der Waals surface area contributed by atoms with Gasteiger partial charge >= 0.3 is 11.9 Å². The number of allylic oxidation sites excluding steroid dienone is 10. The molecule has 9 heteroatoms. The maximum atomic E-state index is 13.0. The standard InChI is InChI=1S/C43H68O9/c1-27(14-12-15-28(2)24-39(47)40(48)26-35(9)45)20-29(3)23-37(43(50)51)36-17-13-19-42(49)52-41(18-11-10-16-31(36)5)33(7)22-30(4)21-32(6)38(46)25-34(8)44/h10-12,14-15,20-21,23-24,31-36,38-41,44-48H,13,16-19,22,25-26H2,1-9H3,(H,50,51)/t31-,32+,33-,34+,35-,36-,38+,39-,40-,41+/m0/s1. The lowest BCUT2D eigenvalue weighted by Crippen LogP contribution is -2.27. The Morgan fingerprint density at radius 2 is 1.48 bits per heavy atom. The van der Waals surface area contributed by atoms with E-state index >= 15 is 0 Å². The van der Waals surface area contributed by atoms with Gasteiger partial charge in [0.05, 0.1) is 30.5 Å². The molecule has 1 rings (SSSR count). The third-order valence-corrected chi connectivity index (χ3v) is 9.54. The zero-order valence-electron chi connectivity index (χ0n) is 33.0. The number of rotatable bonds is 17. The molecule has 0 aromatic rings. The highest BCUT2D eigenvalue weighted by Gasteiger charge is 2.28. The average Bonchev–Trinajstić information content (AvgIpc) is 3.01. The van der Waals surface area contributed by atoms with Gasteiger partial charge in [-0.15, -0.1) is 0 Å².